The van der Waals surface area contributed by atoms with Gasteiger partial charge in [-0.2, -0.15) is 0 Å². The molecule has 0 spiro atoms. The number of carbonyl (C=O) groups excluding carboxylic acids is 1. The largest absolute Gasteiger partial charge is 0.379 e. The van der Waals surface area contributed by atoms with Crippen molar-refractivity contribution >= 4 is 5.91 Å². The molecule has 0 aromatic carbocycles. The number of ether oxygens (including phenoxy) is 1. The van der Waals surface area contributed by atoms with Crippen LogP contribution in [0.4, 0.5) is 0 Å². The van der Waals surface area contributed by atoms with E-state index in [4.69, 9.17) is 10.5 Å². The van der Waals surface area contributed by atoms with E-state index in [-0.39, 0.29) is 11.9 Å². The van der Waals surface area contributed by atoms with Gasteiger partial charge in [-0.3, -0.25) is 9.69 Å². The number of hydrogen-bond donors (Lipinski definition) is 2. The van der Waals surface area contributed by atoms with Gasteiger partial charge in [-0.1, -0.05) is 6.92 Å². The zero-order valence-corrected chi connectivity index (χ0v) is 10.1. The number of primary amides is 1. The van der Waals surface area contributed by atoms with E-state index >= 15 is 0 Å². The zero-order valence-electron chi connectivity index (χ0n) is 10.1. The molecule has 1 aliphatic rings. The van der Waals surface area contributed by atoms with Crippen molar-refractivity contribution < 1.29 is 9.53 Å². The summed E-state index contributed by atoms with van der Waals surface area (Å²) in [5.74, 6) is -0.248. The summed E-state index contributed by atoms with van der Waals surface area (Å²) in [7, 11) is 0. The average molecular weight is 229 g/mol. The molecule has 5 nitrogen and oxygen atoms in total. The predicted molar refractivity (Wildman–Crippen MR) is 63.2 cm³/mol. The lowest BCUT2D eigenvalue weighted by Gasteiger charge is -2.27. The molecule has 1 fully saturated rings. The lowest BCUT2D eigenvalue weighted by Crippen LogP contribution is -2.45. The minimum Gasteiger partial charge on any atom is -0.379 e. The molecule has 1 atom stereocenters. The molecule has 3 N–H and O–H groups in total. The Balaban J connectivity index is 2.22. The van der Waals surface area contributed by atoms with Crippen molar-refractivity contribution in [3.8, 4) is 0 Å². The Kier molecular flexibility index (Phi) is 6.37. The highest BCUT2D eigenvalue weighted by Crippen LogP contribution is 2.00. The molecule has 0 saturated carbocycles. The van der Waals surface area contributed by atoms with E-state index in [2.05, 4.69) is 17.1 Å². The second-order valence-electron chi connectivity index (χ2n) is 4.15. The first kappa shape index (κ1) is 13.4. The molecule has 0 bridgehead atoms. The highest BCUT2D eigenvalue weighted by molar-refractivity contribution is 5.79. The standard InChI is InChI=1S/C11H23N3O2/c1-2-4-13-10(11(12)15)3-5-14-6-8-16-9-7-14/h10,13H,2-9H2,1H3,(H2,12,15). The Morgan fingerprint density at radius 3 is 2.75 bits per heavy atom. The lowest BCUT2D eigenvalue weighted by atomic mass is 10.1. The minimum atomic E-state index is -0.248. The molecule has 94 valence electrons. The Hall–Kier alpha value is -0.650. The molecular formula is C11H23N3O2. The fourth-order valence-corrected chi connectivity index (χ4v) is 1.80. The average Bonchev–Trinajstić information content (AvgIpc) is 2.30. The number of morpholine rings is 1. The van der Waals surface area contributed by atoms with Crippen LogP contribution in [0.5, 0.6) is 0 Å². The Morgan fingerprint density at radius 2 is 2.19 bits per heavy atom. The van der Waals surface area contributed by atoms with Crippen LogP contribution in [-0.4, -0.2) is 56.2 Å². The molecule has 0 aliphatic carbocycles. The van der Waals surface area contributed by atoms with E-state index in [1.807, 2.05) is 0 Å². The Bertz CT molecular complexity index is 205. The fraction of sp³-hybridized carbons (Fsp3) is 0.909. The monoisotopic (exact) mass is 229 g/mol. The number of carbonyl (C=O) groups is 1. The highest BCUT2D eigenvalue weighted by Gasteiger charge is 2.17. The third-order valence-corrected chi connectivity index (χ3v) is 2.82. The molecule has 1 heterocycles. The number of nitrogens with one attached hydrogen (secondary N) is 1. The van der Waals surface area contributed by atoms with Crippen LogP contribution < -0.4 is 11.1 Å². The summed E-state index contributed by atoms with van der Waals surface area (Å²) in [6.07, 6.45) is 1.80. The van der Waals surface area contributed by atoms with Gasteiger partial charge in [0.15, 0.2) is 0 Å². The maximum Gasteiger partial charge on any atom is 0.234 e. The van der Waals surface area contributed by atoms with Crippen LogP contribution >= 0.6 is 0 Å². The molecule has 16 heavy (non-hydrogen) atoms. The van der Waals surface area contributed by atoms with E-state index in [0.717, 1.165) is 52.2 Å². The Labute approximate surface area is 97.3 Å². The summed E-state index contributed by atoms with van der Waals surface area (Å²) in [4.78, 5) is 13.5. The van der Waals surface area contributed by atoms with Gasteiger partial charge >= 0.3 is 0 Å². The molecule has 1 aliphatic heterocycles. The first-order valence-electron chi connectivity index (χ1n) is 6.07. The Morgan fingerprint density at radius 1 is 1.50 bits per heavy atom. The molecule has 0 radical (unpaired) electrons. The third-order valence-electron chi connectivity index (χ3n) is 2.82. The van der Waals surface area contributed by atoms with Gasteiger partial charge in [0.05, 0.1) is 19.3 Å². The zero-order chi connectivity index (χ0) is 11.8. The topological polar surface area (TPSA) is 67.6 Å². The van der Waals surface area contributed by atoms with Crippen molar-refractivity contribution in [2.24, 2.45) is 5.73 Å². The number of amides is 1. The van der Waals surface area contributed by atoms with Crippen LogP contribution in [0, 0.1) is 0 Å². The SMILES string of the molecule is CCCNC(CCN1CCOCC1)C(N)=O. The fourth-order valence-electron chi connectivity index (χ4n) is 1.80. The second kappa shape index (κ2) is 7.60. The maximum absolute atomic E-state index is 11.2. The molecular weight excluding hydrogens is 206 g/mol. The minimum absolute atomic E-state index is 0.192. The van der Waals surface area contributed by atoms with E-state index in [9.17, 15) is 4.79 Å². The summed E-state index contributed by atoms with van der Waals surface area (Å²) >= 11 is 0. The number of hydrogen-bond acceptors (Lipinski definition) is 4. The van der Waals surface area contributed by atoms with Gasteiger partial charge in [-0.05, 0) is 19.4 Å². The smallest absolute Gasteiger partial charge is 0.234 e. The molecule has 1 rings (SSSR count). The molecule has 1 amide bonds. The van der Waals surface area contributed by atoms with Crippen LogP contribution in [0.1, 0.15) is 19.8 Å². The van der Waals surface area contributed by atoms with Crippen LogP contribution in [0.2, 0.25) is 0 Å². The van der Waals surface area contributed by atoms with Gasteiger partial charge < -0.3 is 15.8 Å². The van der Waals surface area contributed by atoms with E-state index in [1.165, 1.54) is 0 Å². The van der Waals surface area contributed by atoms with Crippen LogP contribution in [0.25, 0.3) is 0 Å². The van der Waals surface area contributed by atoms with Crippen LogP contribution in [0.15, 0.2) is 0 Å². The van der Waals surface area contributed by atoms with Crippen molar-refractivity contribution in [2.75, 3.05) is 39.4 Å². The summed E-state index contributed by atoms with van der Waals surface area (Å²) in [5, 5.41) is 3.18. The van der Waals surface area contributed by atoms with Crippen molar-refractivity contribution in [3.63, 3.8) is 0 Å². The van der Waals surface area contributed by atoms with Gasteiger partial charge in [-0.15, -0.1) is 0 Å². The van der Waals surface area contributed by atoms with E-state index in [1.54, 1.807) is 0 Å². The summed E-state index contributed by atoms with van der Waals surface area (Å²) in [6.45, 7) is 7.34. The quantitative estimate of drug-likeness (QED) is 0.621. The summed E-state index contributed by atoms with van der Waals surface area (Å²) in [5.41, 5.74) is 5.35. The normalized spacial score (nSPS) is 19.6. The molecule has 0 aromatic heterocycles. The number of nitrogens with two attached hydrogens (primary N) is 1. The van der Waals surface area contributed by atoms with Crippen LogP contribution in [-0.2, 0) is 9.53 Å². The highest BCUT2D eigenvalue weighted by atomic mass is 16.5. The first-order valence-corrected chi connectivity index (χ1v) is 6.07. The number of nitrogens with zero attached hydrogens (tertiary/aromatic N) is 1. The van der Waals surface area contributed by atoms with Crippen molar-refractivity contribution in [3.05, 3.63) is 0 Å². The van der Waals surface area contributed by atoms with Crippen LogP contribution in [0.3, 0.4) is 0 Å². The van der Waals surface area contributed by atoms with E-state index < -0.39 is 0 Å². The number of rotatable bonds is 7. The summed E-state index contributed by atoms with van der Waals surface area (Å²) < 4.78 is 5.27. The van der Waals surface area contributed by atoms with Gasteiger partial charge in [0.2, 0.25) is 5.91 Å². The van der Waals surface area contributed by atoms with Gasteiger partial charge in [0.25, 0.3) is 0 Å². The predicted octanol–water partition coefficient (Wildman–Crippen LogP) is -0.438. The molecule has 1 unspecified atom stereocenters. The molecule has 0 aromatic rings. The molecule has 1 saturated heterocycles. The van der Waals surface area contributed by atoms with Gasteiger partial charge in [0.1, 0.15) is 0 Å². The molecule has 5 heteroatoms. The van der Waals surface area contributed by atoms with Crippen molar-refractivity contribution in [2.45, 2.75) is 25.8 Å². The third kappa shape index (κ3) is 4.92. The summed E-state index contributed by atoms with van der Waals surface area (Å²) in [6, 6.07) is -0.192. The first-order chi connectivity index (χ1) is 7.74. The van der Waals surface area contributed by atoms with E-state index in [0.29, 0.717) is 0 Å². The van der Waals surface area contributed by atoms with Crippen molar-refractivity contribution in [1.82, 2.24) is 10.2 Å². The lowest BCUT2D eigenvalue weighted by molar-refractivity contribution is -0.120. The second-order valence-corrected chi connectivity index (χ2v) is 4.15. The van der Waals surface area contributed by atoms with Gasteiger partial charge in [0, 0.05) is 19.6 Å². The van der Waals surface area contributed by atoms with Gasteiger partial charge in [-0.25, -0.2) is 0 Å². The maximum atomic E-state index is 11.2. The van der Waals surface area contributed by atoms with Crippen molar-refractivity contribution in [1.29, 1.82) is 0 Å².